The summed E-state index contributed by atoms with van der Waals surface area (Å²) in [6, 6.07) is 16.4. The summed E-state index contributed by atoms with van der Waals surface area (Å²) in [5.74, 6) is 2.22. The summed E-state index contributed by atoms with van der Waals surface area (Å²) in [7, 11) is 0. The third-order valence-corrected chi connectivity index (χ3v) is 5.76. The molecule has 1 unspecified atom stereocenters. The van der Waals surface area contributed by atoms with Crippen molar-refractivity contribution in [2.24, 2.45) is 5.92 Å². The van der Waals surface area contributed by atoms with Crippen LogP contribution in [0.4, 0.5) is 5.82 Å². The van der Waals surface area contributed by atoms with E-state index in [1.54, 1.807) is 6.20 Å². The van der Waals surface area contributed by atoms with E-state index in [9.17, 15) is 4.79 Å². The number of pyridine rings is 1. The van der Waals surface area contributed by atoms with Gasteiger partial charge in [-0.1, -0.05) is 41.5 Å². The number of nitrogens with zero attached hydrogens (tertiary/aromatic N) is 4. The van der Waals surface area contributed by atoms with Gasteiger partial charge in [0.25, 0.3) is 0 Å². The lowest BCUT2D eigenvalue weighted by atomic mass is 9.97. The van der Waals surface area contributed by atoms with Crippen LogP contribution < -0.4 is 5.32 Å². The van der Waals surface area contributed by atoms with Crippen LogP contribution in [-0.4, -0.2) is 25.7 Å². The second-order valence-electron chi connectivity index (χ2n) is 8.03. The van der Waals surface area contributed by atoms with Gasteiger partial charge >= 0.3 is 0 Å². The zero-order valence-electron chi connectivity index (χ0n) is 17.1. The number of carbonyl (C=O) groups is 1. The number of aromatic nitrogens is 4. The van der Waals surface area contributed by atoms with Gasteiger partial charge in [-0.2, -0.15) is 0 Å². The number of amides is 1. The number of nitrogens with one attached hydrogen (secondary N) is 1. The van der Waals surface area contributed by atoms with E-state index >= 15 is 0 Å². The second-order valence-corrected chi connectivity index (χ2v) is 8.03. The zero-order chi connectivity index (χ0) is 20.7. The van der Waals surface area contributed by atoms with Crippen LogP contribution in [-0.2, 0) is 17.8 Å². The molecule has 0 saturated carbocycles. The highest BCUT2D eigenvalue weighted by Crippen LogP contribution is 2.28. The summed E-state index contributed by atoms with van der Waals surface area (Å²) >= 11 is 0. The Morgan fingerprint density at radius 3 is 2.80 bits per heavy atom. The highest BCUT2D eigenvalue weighted by atomic mass is 16.2. The Morgan fingerprint density at radius 2 is 1.93 bits per heavy atom. The summed E-state index contributed by atoms with van der Waals surface area (Å²) < 4.78 is 2.09. The van der Waals surface area contributed by atoms with Crippen LogP contribution in [0.25, 0.3) is 22.2 Å². The first kappa shape index (κ1) is 18.5. The summed E-state index contributed by atoms with van der Waals surface area (Å²) in [6.45, 7) is 4.67. The van der Waals surface area contributed by atoms with Crippen molar-refractivity contribution >= 4 is 22.5 Å². The molecule has 2 aromatic heterocycles. The highest BCUT2D eigenvalue weighted by Gasteiger charge is 2.28. The van der Waals surface area contributed by atoms with E-state index in [0.29, 0.717) is 12.4 Å². The lowest BCUT2D eigenvalue weighted by Gasteiger charge is -2.24. The fraction of sp³-hybridized carbons (Fsp3) is 0.250. The molecular weight excluding hydrogens is 374 g/mol. The average Bonchev–Trinajstić information content (AvgIpc) is 3.17. The molecule has 0 aliphatic carbocycles. The van der Waals surface area contributed by atoms with E-state index in [1.165, 1.54) is 5.56 Å². The number of benzene rings is 2. The number of hydrogen-bond donors (Lipinski definition) is 1. The van der Waals surface area contributed by atoms with Crippen molar-refractivity contribution in [3.63, 3.8) is 0 Å². The van der Waals surface area contributed by atoms with E-state index in [4.69, 9.17) is 0 Å². The molecule has 150 valence electrons. The van der Waals surface area contributed by atoms with E-state index in [0.717, 1.165) is 46.4 Å². The maximum absolute atomic E-state index is 13.1. The number of anilines is 1. The maximum atomic E-state index is 13.1. The Labute approximate surface area is 175 Å². The molecule has 4 aromatic rings. The molecule has 0 fully saturated rings. The molecule has 2 aromatic carbocycles. The van der Waals surface area contributed by atoms with Crippen molar-refractivity contribution in [1.29, 1.82) is 0 Å². The molecule has 0 bridgehead atoms. The first-order chi connectivity index (χ1) is 14.6. The first-order valence-electron chi connectivity index (χ1n) is 10.2. The minimum absolute atomic E-state index is 0.00829. The first-order valence-corrected chi connectivity index (χ1v) is 10.2. The Bertz CT molecular complexity index is 1260. The molecule has 30 heavy (non-hydrogen) atoms. The molecule has 0 radical (unpaired) electrons. The van der Waals surface area contributed by atoms with Gasteiger partial charge in [0.05, 0.1) is 5.92 Å². The third kappa shape index (κ3) is 3.34. The predicted octanol–water partition coefficient (Wildman–Crippen LogP) is 4.31. The van der Waals surface area contributed by atoms with Gasteiger partial charge in [0.2, 0.25) is 5.91 Å². The number of hydrogen-bond acceptors (Lipinski definition) is 4. The molecular formula is C24H23N5O. The third-order valence-electron chi connectivity index (χ3n) is 5.76. The summed E-state index contributed by atoms with van der Waals surface area (Å²) in [5, 5.41) is 13.9. The van der Waals surface area contributed by atoms with Crippen LogP contribution in [0.1, 0.15) is 23.4 Å². The van der Waals surface area contributed by atoms with Gasteiger partial charge in [0.1, 0.15) is 11.6 Å². The lowest BCUT2D eigenvalue weighted by molar-refractivity contribution is -0.120. The van der Waals surface area contributed by atoms with Crippen molar-refractivity contribution in [2.75, 3.05) is 5.32 Å². The zero-order valence-corrected chi connectivity index (χ0v) is 17.1. The topological polar surface area (TPSA) is 72.7 Å². The minimum atomic E-state index is -0.154. The number of carbonyl (C=O) groups excluding carboxylic acids is 1. The van der Waals surface area contributed by atoms with Gasteiger partial charge in [-0.25, -0.2) is 4.98 Å². The average molecular weight is 397 g/mol. The smallest absolute Gasteiger partial charge is 0.230 e. The highest BCUT2D eigenvalue weighted by molar-refractivity contribution is 6.01. The van der Waals surface area contributed by atoms with E-state index in [2.05, 4.69) is 62.3 Å². The van der Waals surface area contributed by atoms with Crippen LogP contribution in [0, 0.1) is 19.8 Å². The standard InChI is InChI=1S/C24H23N5O/c1-15-4-3-5-18(12-15)23-28-27-21-9-8-19(14-29(21)23)24(30)26-22-20-13-16(2)6-7-17(20)10-11-25-22/h3-7,10-13,19H,8-9,14H2,1-2H3,(H,25,26,30). The molecule has 0 saturated heterocycles. The van der Waals surface area contributed by atoms with Crippen molar-refractivity contribution in [3.8, 4) is 11.4 Å². The molecule has 1 atom stereocenters. The predicted molar refractivity (Wildman–Crippen MR) is 117 cm³/mol. The van der Waals surface area contributed by atoms with Crippen LogP contribution in [0.2, 0.25) is 0 Å². The SMILES string of the molecule is Cc1cccc(-c2nnc3n2CC(C(=O)Nc2nccc4ccc(C)cc24)CC3)c1. The lowest BCUT2D eigenvalue weighted by Crippen LogP contribution is -2.31. The number of rotatable bonds is 3. The van der Waals surface area contributed by atoms with Gasteiger partial charge < -0.3 is 9.88 Å². The molecule has 6 heteroatoms. The Morgan fingerprint density at radius 1 is 1.07 bits per heavy atom. The Hall–Kier alpha value is -3.54. The largest absolute Gasteiger partial charge is 0.310 e. The summed E-state index contributed by atoms with van der Waals surface area (Å²) in [4.78, 5) is 17.6. The van der Waals surface area contributed by atoms with Crippen molar-refractivity contribution < 1.29 is 4.79 Å². The van der Waals surface area contributed by atoms with E-state index < -0.39 is 0 Å². The minimum Gasteiger partial charge on any atom is -0.310 e. The van der Waals surface area contributed by atoms with Crippen LogP contribution in [0.15, 0.2) is 54.7 Å². The van der Waals surface area contributed by atoms with Crippen molar-refractivity contribution in [2.45, 2.75) is 33.2 Å². The maximum Gasteiger partial charge on any atom is 0.230 e. The number of aryl methyl sites for hydroxylation is 3. The van der Waals surface area contributed by atoms with Crippen LogP contribution >= 0.6 is 0 Å². The van der Waals surface area contributed by atoms with E-state index in [-0.39, 0.29) is 11.8 Å². The van der Waals surface area contributed by atoms with Crippen LogP contribution in [0.3, 0.4) is 0 Å². The fourth-order valence-corrected chi connectivity index (χ4v) is 4.14. The Kier molecular flexibility index (Phi) is 4.54. The summed E-state index contributed by atoms with van der Waals surface area (Å²) in [6.07, 6.45) is 3.22. The second kappa shape index (κ2) is 7.37. The summed E-state index contributed by atoms with van der Waals surface area (Å²) in [5.41, 5.74) is 3.34. The molecule has 1 aliphatic rings. The molecule has 0 spiro atoms. The van der Waals surface area contributed by atoms with Gasteiger partial charge in [0, 0.05) is 30.1 Å². The normalized spacial score (nSPS) is 15.7. The van der Waals surface area contributed by atoms with Gasteiger partial charge in [0.15, 0.2) is 5.82 Å². The van der Waals surface area contributed by atoms with Gasteiger partial charge in [-0.05, 0) is 43.9 Å². The molecule has 1 amide bonds. The number of fused-ring (bicyclic) bond motifs is 2. The van der Waals surface area contributed by atoms with E-state index in [1.807, 2.05) is 25.1 Å². The van der Waals surface area contributed by atoms with Crippen molar-refractivity contribution in [3.05, 3.63) is 71.7 Å². The molecule has 1 N–H and O–H groups in total. The molecule has 1 aliphatic heterocycles. The monoisotopic (exact) mass is 397 g/mol. The molecule has 3 heterocycles. The fourth-order valence-electron chi connectivity index (χ4n) is 4.14. The van der Waals surface area contributed by atoms with Gasteiger partial charge in [-0.15, -0.1) is 10.2 Å². The molecule has 6 nitrogen and oxygen atoms in total. The van der Waals surface area contributed by atoms with Crippen molar-refractivity contribution in [1.82, 2.24) is 19.7 Å². The molecule has 5 rings (SSSR count). The quantitative estimate of drug-likeness (QED) is 0.559. The van der Waals surface area contributed by atoms with Gasteiger partial charge in [-0.3, -0.25) is 4.79 Å². The van der Waals surface area contributed by atoms with Crippen LogP contribution in [0.5, 0.6) is 0 Å². The Balaban J connectivity index is 1.41.